The van der Waals surface area contributed by atoms with Crippen molar-refractivity contribution in [3.8, 4) is 17.2 Å². The predicted octanol–water partition coefficient (Wildman–Crippen LogP) is 5.93. The minimum Gasteiger partial charge on any atom is -0.497 e. The van der Waals surface area contributed by atoms with Crippen molar-refractivity contribution in [2.45, 2.75) is 33.2 Å². The maximum Gasteiger partial charge on any atom is 0.573 e. The molecule has 4 aromatic rings. The molecule has 12 heteroatoms. The number of benzene rings is 2. The van der Waals surface area contributed by atoms with Crippen molar-refractivity contribution in [1.29, 1.82) is 0 Å². The lowest BCUT2D eigenvalue weighted by molar-refractivity contribution is -0.274. The van der Waals surface area contributed by atoms with E-state index in [1.165, 1.54) is 12.1 Å². The number of urea groups is 1. The number of nitrogens with zero attached hydrogens (tertiary/aromatic N) is 6. The van der Waals surface area contributed by atoms with Crippen LogP contribution in [0.5, 0.6) is 11.5 Å². The lowest BCUT2D eigenvalue weighted by atomic mass is 10.1. The van der Waals surface area contributed by atoms with Crippen LogP contribution >= 0.6 is 0 Å². The Morgan fingerprint density at radius 1 is 0.905 bits per heavy atom. The Morgan fingerprint density at radius 2 is 1.67 bits per heavy atom. The van der Waals surface area contributed by atoms with Crippen molar-refractivity contribution < 1.29 is 27.4 Å². The number of fused-ring (bicyclic) bond motifs is 1. The number of carbonyl (C=O) groups is 1. The molecule has 0 atom stereocenters. The Kier molecular flexibility index (Phi) is 6.91. The first kappa shape index (κ1) is 27.4. The molecule has 0 bridgehead atoms. The van der Waals surface area contributed by atoms with Crippen LogP contribution in [0.15, 0.2) is 60.8 Å². The number of aromatic nitrogens is 3. The Balaban J connectivity index is 1.22. The third-order valence-electron chi connectivity index (χ3n) is 7.47. The van der Waals surface area contributed by atoms with Gasteiger partial charge in [0.25, 0.3) is 0 Å². The van der Waals surface area contributed by atoms with Crippen LogP contribution in [-0.2, 0) is 13.0 Å². The van der Waals surface area contributed by atoms with E-state index in [0.29, 0.717) is 44.0 Å². The number of pyridine rings is 1. The average Bonchev–Trinajstić information content (AvgIpc) is 3.67. The summed E-state index contributed by atoms with van der Waals surface area (Å²) < 4.78 is 49.1. The third-order valence-corrected chi connectivity index (χ3v) is 7.47. The number of aryl methyl sites for hydroxylation is 2. The molecule has 9 nitrogen and oxygen atoms in total. The number of carbonyl (C=O) groups excluding carboxylic acids is 1. The van der Waals surface area contributed by atoms with Crippen LogP contribution in [0.3, 0.4) is 0 Å². The third kappa shape index (κ3) is 5.31. The van der Waals surface area contributed by atoms with Crippen molar-refractivity contribution in [3.63, 3.8) is 0 Å². The Bertz CT molecular complexity index is 1640. The monoisotopic (exact) mass is 578 g/mol. The molecule has 0 radical (unpaired) electrons. The molecule has 2 aliphatic heterocycles. The second-order valence-corrected chi connectivity index (χ2v) is 10.3. The summed E-state index contributed by atoms with van der Waals surface area (Å²) in [5.74, 6) is 1.80. The lowest BCUT2D eigenvalue weighted by Crippen LogP contribution is -2.31. The summed E-state index contributed by atoms with van der Waals surface area (Å²) in [6.45, 7) is 5.86. The summed E-state index contributed by atoms with van der Waals surface area (Å²) in [4.78, 5) is 23.5. The van der Waals surface area contributed by atoms with Crippen LogP contribution in [0.4, 0.5) is 35.3 Å². The summed E-state index contributed by atoms with van der Waals surface area (Å²) in [5, 5.41) is 4.77. The first-order chi connectivity index (χ1) is 20.1. The molecular weight excluding hydrogens is 549 g/mol. The van der Waals surface area contributed by atoms with E-state index in [2.05, 4.69) is 4.74 Å². The molecule has 6 rings (SSSR count). The predicted molar refractivity (Wildman–Crippen MR) is 151 cm³/mol. The molecule has 0 aliphatic carbocycles. The maximum absolute atomic E-state index is 13.2. The number of halogens is 3. The fraction of sp³-hybridized carbons (Fsp3) is 0.300. The molecule has 218 valence electrons. The fourth-order valence-electron chi connectivity index (χ4n) is 5.51. The average molecular weight is 579 g/mol. The molecule has 1 saturated heterocycles. The minimum atomic E-state index is -4.75. The van der Waals surface area contributed by atoms with Crippen molar-refractivity contribution in [1.82, 2.24) is 19.7 Å². The van der Waals surface area contributed by atoms with Crippen molar-refractivity contribution in [2.24, 2.45) is 0 Å². The molecule has 2 aromatic carbocycles. The molecule has 0 spiro atoms. The first-order valence-electron chi connectivity index (χ1n) is 13.5. The van der Waals surface area contributed by atoms with Gasteiger partial charge in [0.05, 0.1) is 12.8 Å². The number of ether oxygens (including phenoxy) is 2. The molecule has 4 heterocycles. The molecule has 0 saturated carbocycles. The van der Waals surface area contributed by atoms with E-state index in [-0.39, 0.29) is 11.8 Å². The van der Waals surface area contributed by atoms with Crippen LogP contribution in [0.1, 0.15) is 22.4 Å². The highest BCUT2D eigenvalue weighted by molar-refractivity contribution is 5.93. The highest BCUT2D eigenvalue weighted by Gasteiger charge is 2.33. The second-order valence-electron chi connectivity index (χ2n) is 10.3. The number of methoxy groups -OCH3 is 1. The van der Waals surface area contributed by atoms with Gasteiger partial charge in [0.1, 0.15) is 17.3 Å². The zero-order valence-corrected chi connectivity index (χ0v) is 23.4. The number of amides is 2. The fourth-order valence-corrected chi connectivity index (χ4v) is 5.51. The molecular formula is C30H29F3N6O3. The summed E-state index contributed by atoms with van der Waals surface area (Å²) >= 11 is 0. The normalized spacial score (nSPS) is 15.0. The Hall–Kier alpha value is -4.74. The summed E-state index contributed by atoms with van der Waals surface area (Å²) in [6.07, 6.45) is -2.24. The molecule has 2 amide bonds. The standard InChI is InChI=1S/C30H29F3N6O3/c1-19-16-23(42-30(31,32)33)8-9-25(19)37-12-10-24-26(17-20(2)34-28(24)37)39-13-11-27(35-39)38-15-14-36(29(38)40)18-21-4-6-22(41-3)7-5-21/h4-9,11,13,16-17H,10,12,14-15,18H2,1-3H3. The quantitative estimate of drug-likeness (QED) is 0.271. The van der Waals surface area contributed by atoms with Gasteiger partial charge < -0.3 is 19.3 Å². The van der Waals surface area contributed by atoms with Gasteiger partial charge in [0.15, 0.2) is 5.82 Å². The first-order valence-corrected chi connectivity index (χ1v) is 13.5. The zero-order valence-electron chi connectivity index (χ0n) is 23.4. The topological polar surface area (TPSA) is 76.0 Å². The molecule has 42 heavy (non-hydrogen) atoms. The number of hydrogen-bond acceptors (Lipinski definition) is 6. The number of rotatable bonds is 7. The summed E-state index contributed by atoms with van der Waals surface area (Å²) in [7, 11) is 1.62. The van der Waals surface area contributed by atoms with Crippen molar-refractivity contribution >= 4 is 23.4 Å². The Morgan fingerprint density at radius 3 is 2.38 bits per heavy atom. The smallest absolute Gasteiger partial charge is 0.497 e. The second kappa shape index (κ2) is 10.6. The van der Waals surface area contributed by atoms with Gasteiger partial charge in [-0.15, -0.1) is 18.3 Å². The SMILES string of the molecule is COc1ccc(CN2CCN(c3ccn(-c4cc(C)nc5c4CCN5c4ccc(OC(F)(F)F)cc4C)n3)C2=O)cc1. The highest BCUT2D eigenvalue weighted by Crippen LogP contribution is 2.39. The van der Waals surface area contributed by atoms with E-state index in [4.69, 9.17) is 14.8 Å². The van der Waals surface area contributed by atoms with Gasteiger partial charge >= 0.3 is 12.4 Å². The van der Waals surface area contributed by atoms with E-state index in [9.17, 15) is 18.0 Å². The molecule has 2 aliphatic rings. The van der Waals surface area contributed by atoms with Crippen molar-refractivity contribution in [2.75, 3.05) is 36.5 Å². The van der Waals surface area contributed by atoms with Gasteiger partial charge in [-0.2, -0.15) is 0 Å². The van der Waals surface area contributed by atoms with Crippen LogP contribution in [0.25, 0.3) is 5.69 Å². The van der Waals surface area contributed by atoms with Gasteiger partial charge in [0.2, 0.25) is 0 Å². The van der Waals surface area contributed by atoms with Gasteiger partial charge in [0, 0.05) is 55.4 Å². The largest absolute Gasteiger partial charge is 0.573 e. The van der Waals surface area contributed by atoms with Gasteiger partial charge in [-0.25, -0.2) is 14.5 Å². The van der Waals surface area contributed by atoms with E-state index in [1.54, 1.807) is 34.6 Å². The maximum atomic E-state index is 13.2. The van der Waals surface area contributed by atoms with Crippen LogP contribution in [0.2, 0.25) is 0 Å². The summed E-state index contributed by atoms with van der Waals surface area (Å²) in [6, 6.07) is 15.6. The molecule has 2 aromatic heterocycles. The number of hydrogen-bond donors (Lipinski definition) is 0. The molecule has 0 unspecified atom stereocenters. The Labute approximate surface area is 240 Å². The highest BCUT2D eigenvalue weighted by atomic mass is 19.4. The zero-order chi connectivity index (χ0) is 29.6. The van der Waals surface area contributed by atoms with Crippen LogP contribution < -0.4 is 19.3 Å². The van der Waals surface area contributed by atoms with Gasteiger partial charge in [-0.1, -0.05) is 12.1 Å². The van der Waals surface area contributed by atoms with Gasteiger partial charge in [-0.05, 0) is 67.8 Å². The van der Waals surface area contributed by atoms with Crippen LogP contribution in [-0.4, -0.2) is 58.8 Å². The van der Waals surface area contributed by atoms with E-state index in [0.717, 1.165) is 39.8 Å². The van der Waals surface area contributed by atoms with E-state index in [1.807, 2.05) is 54.4 Å². The lowest BCUT2D eigenvalue weighted by Gasteiger charge is -2.22. The van der Waals surface area contributed by atoms with E-state index < -0.39 is 6.36 Å². The van der Waals surface area contributed by atoms with Crippen molar-refractivity contribution in [3.05, 3.63) is 83.2 Å². The molecule has 1 fully saturated rings. The number of alkyl halides is 3. The van der Waals surface area contributed by atoms with Crippen LogP contribution in [0, 0.1) is 13.8 Å². The molecule has 0 N–H and O–H groups in total. The summed E-state index contributed by atoms with van der Waals surface area (Å²) in [5.41, 5.74) is 5.00. The van der Waals surface area contributed by atoms with Gasteiger partial charge in [-0.3, -0.25) is 4.90 Å². The minimum absolute atomic E-state index is 0.105. The number of anilines is 3. The van der Waals surface area contributed by atoms with E-state index >= 15 is 0 Å².